The molecule has 1 fully saturated rings. The first-order chi connectivity index (χ1) is 17.1. The summed E-state index contributed by atoms with van der Waals surface area (Å²) in [6, 6.07) is 18.0. The van der Waals surface area contributed by atoms with E-state index in [-0.39, 0.29) is 26.2 Å². The topological polar surface area (TPSA) is 69.7 Å². The molecule has 3 amide bonds. The summed E-state index contributed by atoms with van der Waals surface area (Å²) in [6.07, 6.45) is -4.83. The molecule has 0 atom stereocenters. The lowest BCUT2D eigenvalue weighted by Crippen LogP contribution is -2.53. The van der Waals surface area contributed by atoms with E-state index < -0.39 is 40.8 Å². The molecule has 1 aliphatic heterocycles. The fraction of sp³-hybridized carbons (Fsp3) is 0.192. The first-order valence-electron chi connectivity index (χ1n) is 11.1. The first kappa shape index (κ1) is 24.9. The summed E-state index contributed by atoms with van der Waals surface area (Å²) in [6.45, 7) is -0.331. The van der Waals surface area contributed by atoms with E-state index >= 15 is 0 Å². The maximum atomic E-state index is 13.6. The SMILES string of the molecule is O=C(Nc1ccccc1-c1ccccc1)C(=O)N1CCN(C(=O)c2cc(F)ccc2C(F)(F)F)CC1. The number of carbonyl (C=O) groups is 3. The number of nitrogens with zero attached hydrogens (tertiary/aromatic N) is 2. The summed E-state index contributed by atoms with van der Waals surface area (Å²) in [5.41, 5.74) is -0.00293. The summed E-state index contributed by atoms with van der Waals surface area (Å²) in [4.78, 5) is 40.5. The van der Waals surface area contributed by atoms with Crippen molar-refractivity contribution in [1.29, 1.82) is 0 Å². The Balaban J connectivity index is 1.41. The van der Waals surface area contributed by atoms with E-state index in [1.54, 1.807) is 24.3 Å². The van der Waals surface area contributed by atoms with Gasteiger partial charge in [0.25, 0.3) is 5.91 Å². The Morgan fingerprint density at radius 3 is 2.06 bits per heavy atom. The average molecular weight is 499 g/mol. The van der Waals surface area contributed by atoms with Gasteiger partial charge < -0.3 is 15.1 Å². The highest BCUT2D eigenvalue weighted by Gasteiger charge is 2.37. The Bertz CT molecular complexity index is 1290. The van der Waals surface area contributed by atoms with Gasteiger partial charge in [0, 0.05) is 37.4 Å². The van der Waals surface area contributed by atoms with E-state index in [0.717, 1.165) is 16.0 Å². The van der Waals surface area contributed by atoms with Gasteiger partial charge in [0.1, 0.15) is 5.82 Å². The summed E-state index contributed by atoms with van der Waals surface area (Å²) in [5.74, 6) is -3.66. The fourth-order valence-electron chi connectivity index (χ4n) is 4.00. The number of hydrogen-bond donors (Lipinski definition) is 1. The third-order valence-electron chi connectivity index (χ3n) is 5.83. The molecule has 0 radical (unpaired) electrons. The molecule has 1 aliphatic rings. The van der Waals surface area contributed by atoms with Gasteiger partial charge in [-0.2, -0.15) is 13.2 Å². The number of rotatable bonds is 3. The number of nitrogens with one attached hydrogen (secondary N) is 1. The number of carbonyl (C=O) groups excluding carboxylic acids is 3. The maximum absolute atomic E-state index is 13.6. The van der Waals surface area contributed by atoms with E-state index in [1.165, 1.54) is 4.90 Å². The average Bonchev–Trinajstić information content (AvgIpc) is 2.88. The van der Waals surface area contributed by atoms with Crippen LogP contribution >= 0.6 is 0 Å². The van der Waals surface area contributed by atoms with Crippen LogP contribution in [0.3, 0.4) is 0 Å². The van der Waals surface area contributed by atoms with Gasteiger partial charge in [-0.3, -0.25) is 14.4 Å². The Morgan fingerprint density at radius 1 is 0.778 bits per heavy atom. The van der Waals surface area contributed by atoms with Crippen LogP contribution in [0.1, 0.15) is 15.9 Å². The summed E-state index contributed by atoms with van der Waals surface area (Å²) >= 11 is 0. The molecule has 0 unspecified atom stereocenters. The molecular weight excluding hydrogens is 478 g/mol. The van der Waals surface area contributed by atoms with Crippen LogP contribution in [-0.4, -0.2) is 53.7 Å². The second-order valence-electron chi connectivity index (χ2n) is 8.14. The minimum Gasteiger partial charge on any atom is -0.335 e. The zero-order valence-electron chi connectivity index (χ0n) is 18.9. The van der Waals surface area contributed by atoms with Gasteiger partial charge in [-0.05, 0) is 29.8 Å². The largest absolute Gasteiger partial charge is 0.417 e. The van der Waals surface area contributed by atoms with Gasteiger partial charge in [0.05, 0.1) is 11.1 Å². The van der Waals surface area contributed by atoms with Crippen molar-refractivity contribution >= 4 is 23.4 Å². The highest BCUT2D eigenvalue weighted by molar-refractivity contribution is 6.39. The van der Waals surface area contributed by atoms with Crippen LogP contribution in [0.15, 0.2) is 72.8 Å². The third kappa shape index (κ3) is 5.37. The van der Waals surface area contributed by atoms with Gasteiger partial charge in [-0.1, -0.05) is 48.5 Å². The van der Waals surface area contributed by atoms with Crippen molar-refractivity contribution in [3.8, 4) is 11.1 Å². The van der Waals surface area contributed by atoms with E-state index in [1.807, 2.05) is 30.3 Å². The predicted octanol–water partition coefficient (Wildman–Crippen LogP) is 4.43. The molecule has 3 aromatic carbocycles. The van der Waals surface area contributed by atoms with E-state index in [4.69, 9.17) is 0 Å². The normalized spacial score (nSPS) is 13.9. The van der Waals surface area contributed by atoms with Crippen LogP contribution < -0.4 is 5.32 Å². The molecule has 186 valence electrons. The van der Waals surface area contributed by atoms with Gasteiger partial charge >= 0.3 is 18.0 Å². The maximum Gasteiger partial charge on any atom is 0.417 e. The Labute approximate surface area is 204 Å². The zero-order valence-corrected chi connectivity index (χ0v) is 18.9. The quantitative estimate of drug-likeness (QED) is 0.428. The third-order valence-corrected chi connectivity index (χ3v) is 5.83. The molecule has 6 nitrogen and oxygen atoms in total. The molecular formula is C26H21F4N3O3. The Morgan fingerprint density at radius 2 is 1.39 bits per heavy atom. The van der Waals surface area contributed by atoms with Crippen LogP contribution in [0, 0.1) is 5.82 Å². The zero-order chi connectivity index (χ0) is 25.9. The van der Waals surface area contributed by atoms with Crippen molar-refractivity contribution in [2.75, 3.05) is 31.5 Å². The molecule has 0 bridgehead atoms. The van der Waals surface area contributed by atoms with Crippen LogP contribution in [0.2, 0.25) is 0 Å². The number of benzene rings is 3. The standard InChI is InChI=1S/C26H21F4N3O3/c27-18-10-11-21(26(28,29)30)20(16-18)24(35)32-12-14-33(15-13-32)25(36)23(34)31-22-9-5-4-8-19(22)17-6-2-1-3-7-17/h1-11,16H,12-15H2,(H,31,34). The van der Waals surface area contributed by atoms with Crippen molar-refractivity contribution < 1.29 is 31.9 Å². The fourth-order valence-corrected chi connectivity index (χ4v) is 4.00. The second-order valence-corrected chi connectivity index (χ2v) is 8.14. The number of piperazine rings is 1. The molecule has 0 spiro atoms. The van der Waals surface area contributed by atoms with E-state index in [9.17, 15) is 31.9 Å². The van der Waals surface area contributed by atoms with Crippen molar-refractivity contribution in [1.82, 2.24) is 9.80 Å². The predicted molar refractivity (Wildman–Crippen MR) is 124 cm³/mol. The van der Waals surface area contributed by atoms with Crippen LogP contribution in [0.5, 0.6) is 0 Å². The first-order valence-corrected chi connectivity index (χ1v) is 11.1. The van der Waals surface area contributed by atoms with Crippen molar-refractivity contribution in [2.45, 2.75) is 6.18 Å². The molecule has 0 saturated carbocycles. The number of anilines is 1. The molecule has 3 aromatic rings. The molecule has 1 heterocycles. The van der Waals surface area contributed by atoms with Gasteiger partial charge in [0.2, 0.25) is 0 Å². The highest BCUT2D eigenvalue weighted by Crippen LogP contribution is 2.33. The number of alkyl halides is 3. The van der Waals surface area contributed by atoms with Crippen molar-refractivity contribution in [3.05, 3.63) is 89.7 Å². The molecule has 1 saturated heterocycles. The van der Waals surface area contributed by atoms with Crippen LogP contribution in [-0.2, 0) is 15.8 Å². The van der Waals surface area contributed by atoms with Gasteiger partial charge in [-0.15, -0.1) is 0 Å². The monoisotopic (exact) mass is 499 g/mol. The van der Waals surface area contributed by atoms with E-state index in [0.29, 0.717) is 23.9 Å². The van der Waals surface area contributed by atoms with Crippen molar-refractivity contribution in [2.24, 2.45) is 0 Å². The molecule has 0 aliphatic carbocycles. The van der Waals surface area contributed by atoms with E-state index in [2.05, 4.69) is 5.32 Å². The molecule has 1 N–H and O–H groups in total. The lowest BCUT2D eigenvalue weighted by Gasteiger charge is -2.34. The molecule has 10 heteroatoms. The summed E-state index contributed by atoms with van der Waals surface area (Å²) < 4.78 is 53.5. The minimum absolute atomic E-state index is 0.0605. The Hall–Kier alpha value is -4.21. The lowest BCUT2D eigenvalue weighted by molar-refractivity contribution is -0.144. The minimum atomic E-state index is -4.83. The van der Waals surface area contributed by atoms with Crippen LogP contribution in [0.4, 0.5) is 23.2 Å². The summed E-state index contributed by atoms with van der Waals surface area (Å²) in [5, 5.41) is 2.62. The number of para-hydroxylation sites is 1. The Kier molecular flexibility index (Phi) is 7.05. The second kappa shape index (κ2) is 10.2. The smallest absolute Gasteiger partial charge is 0.335 e. The van der Waals surface area contributed by atoms with Gasteiger partial charge in [-0.25, -0.2) is 4.39 Å². The number of hydrogen-bond acceptors (Lipinski definition) is 3. The van der Waals surface area contributed by atoms with Gasteiger partial charge in [0.15, 0.2) is 0 Å². The van der Waals surface area contributed by atoms with Crippen molar-refractivity contribution in [3.63, 3.8) is 0 Å². The molecule has 36 heavy (non-hydrogen) atoms. The lowest BCUT2D eigenvalue weighted by atomic mass is 10.0. The highest BCUT2D eigenvalue weighted by atomic mass is 19.4. The molecule has 0 aromatic heterocycles. The summed E-state index contributed by atoms with van der Waals surface area (Å²) in [7, 11) is 0. The van der Waals surface area contributed by atoms with Crippen LogP contribution in [0.25, 0.3) is 11.1 Å². The number of amides is 3. The molecule has 4 rings (SSSR count). The number of halogens is 4.